The molecule has 0 aliphatic carbocycles. The van der Waals surface area contributed by atoms with Gasteiger partial charge in [0.1, 0.15) is 5.82 Å². The summed E-state index contributed by atoms with van der Waals surface area (Å²) in [6.45, 7) is 6.80. The Morgan fingerprint density at radius 2 is 1.85 bits per heavy atom. The number of hydrogen-bond donors (Lipinski definition) is 1. The summed E-state index contributed by atoms with van der Waals surface area (Å²) in [5.41, 5.74) is 1.03. The maximum Gasteiger partial charge on any atom is 0.211 e. The van der Waals surface area contributed by atoms with E-state index < -0.39 is 10.0 Å². The maximum absolute atomic E-state index is 13.1. The minimum Gasteiger partial charge on any atom is -0.368 e. The molecule has 1 aromatic rings. The third-order valence-electron chi connectivity index (χ3n) is 4.67. The van der Waals surface area contributed by atoms with Crippen molar-refractivity contribution < 1.29 is 12.8 Å². The zero-order chi connectivity index (χ0) is 19.9. The Hall–Kier alpha value is -1.87. The molecule has 2 rings (SSSR count). The molecule has 0 amide bonds. The summed E-state index contributed by atoms with van der Waals surface area (Å²) >= 11 is 0. The van der Waals surface area contributed by atoms with Gasteiger partial charge in [-0.05, 0) is 30.7 Å². The topological polar surface area (TPSA) is 68.2 Å². The molecule has 0 spiro atoms. The van der Waals surface area contributed by atoms with E-state index in [-0.39, 0.29) is 5.82 Å². The fourth-order valence-electron chi connectivity index (χ4n) is 3.17. The van der Waals surface area contributed by atoms with Crippen molar-refractivity contribution in [2.75, 3.05) is 64.0 Å². The number of aliphatic imine (C=N–C) groups is 1. The Bertz CT molecular complexity index is 716. The molecular weight excluding hydrogens is 369 g/mol. The van der Waals surface area contributed by atoms with Crippen molar-refractivity contribution in [3.63, 3.8) is 0 Å². The maximum atomic E-state index is 13.1. The summed E-state index contributed by atoms with van der Waals surface area (Å²) in [6.07, 6.45) is 1.96. The average Bonchev–Trinajstić information content (AvgIpc) is 2.65. The molecule has 0 atom stereocenters. The third kappa shape index (κ3) is 6.35. The van der Waals surface area contributed by atoms with Gasteiger partial charge >= 0.3 is 0 Å². The molecule has 152 valence electrons. The fraction of sp³-hybridized carbons (Fsp3) is 0.611. The van der Waals surface area contributed by atoms with Gasteiger partial charge in [0.05, 0.1) is 6.26 Å². The van der Waals surface area contributed by atoms with E-state index in [0.29, 0.717) is 19.6 Å². The lowest BCUT2D eigenvalue weighted by molar-refractivity contribution is 0.370. The second-order valence-electron chi connectivity index (χ2n) is 6.53. The summed E-state index contributed by atoms with van der Waals surface area (Å²) in [6, 6.07) is 6.58. The number of nitrogens with one attached hydrogen (secondary N) is 1. The molecule has 0 aromatic heterocycles. The van der Waals surface area contributed by atoms with Gasteiger partial charge in [-0.25, -0.2) is 17.1 Å². The highest BCUT2D eigenvalue weighted by molar-refractivity contribution is 7.88. The lowest BCUT2D eigenvalue weighted by Crippen LogP contribution is -2.52. The number of anilines is 1. The fourth-order valence-corrected chi connectivity index (χ4v) is 4.10. The van der Waals surface area contributed by atoms with Gasteiger partial charge in [0.25, 0.3) is 0 Å². The van der Waals surface area contributed by atoms with Gasteiger partial charge in [0.2, 0.25) is 10.0 Å². The molecule has 7 nitrogen and oxygen atoms in total. The van der Waals surface area contributed by atoms with Crippen molar-refractivity contribution in [1.82, 2.24) is 14.5 Å². The van der Waals surface area contributed by atoms with Crippen molar-refractivity contribution in [1.29, 1.82) is 0 Å². The number of halogens is 1. The lowest BCUT2D eigenvalue weighted by Gasteiger charge is -2.37. The Morgan fingerprint density at radius 3 is 2.37 bits per heavy atom. The molecule has 1 N–H and O–H groups in total. The zero-order valence-electron chi connectivity index (χ0n) is 16.4. The van der Waals surface area contributed by atoms with Crippen molar-refractivity contribution >= 4 is 21.7 Å². The molecule has 1 aromatic carbocycles. The Kier molecular flexibility index (Phi) is 7.85. The lowest BCUT2D eigenvalue weighted by atomic mass is 10.2. The van der Waals surface area contributed by atoms with Crippen LogP contribution in [-0.4, -0.2) is 82.7 Å². The number of sulfonamides is 1. The second-order valence-corrected chi connectivity index (χ2v) is 8.52. The van der Waals surface area contributed by atoms with Gasteiger partial charge in [-0.3, -0.25) is 4.99 Å². The largest absolute Gasteiger partial charge is 0.368 e. The highest BCUT2D eigenvalue weighted by Crippen LogP contribution is 2.16. The van der Waals surface area contributed by atoms with Crippen molar-refractivity contribution in [2.24, 2.45) is 4.99 Å². The molecule has 0 radical (unpaired) electrons. The molecule has 1 fully saturated rings. The number of piperazine rings is 1. The van der Waals surface area contributed by atoms with Crippen LogP contribution < -0.4 is 10.2 Å². The van der Waals surface area contributed by atoms with Crippen LogP contribution in [0.1, 0.15) is 13.3 Å². The van der Waals surface area contributed by atoms with Crippen molar-refractivity contribution in [3.8, 4) is 0 Å². The SMILES string of the molecule is CCN(CCCNC(=NC)N1CCN(c2ccc(F)cc2)CC1)S(C)(=O)=O. The molecule has 1 aliphatic rings. The van der Waals surface area contributed by atoms with E-state index in [0.717, 1.165) is 44.2 Å². The minimum atomic E-state index is -3.14. The molecule has 27 heavy (non-hydrogen) atoms. The molecular formula is C18H30FN5O2S. The first-order chi connectivity index (χ1) is 12.8. The van der Waals surface area contributed by atoms with E-state index in [4.69, 9.17) is 0 Å². The molecule has 1 saturated heterocycles. The number of guanidine groups is 1. The third-order valence-corrected chi connectivity index (χ3v) is 6.05. The van der Waals surface area contributed by atoms with Crippen molar-refractivity contribution in [3.05, 3.63) is 30.1 Å². The van der Waals surface area contributed by atoms with Gasteiger partial charge in [-0.15, -0.1) is 0 Å². The monoisotopic (exact) mass is 399 g/mol. The predicted octanol–water partition coefficient (Wildman–Crippen LogP) is 1.19. The van der Waals surface area contributed by atoms with Gasteiger partial charge in [0, 0.05) is 58.5 Å². The van der Waals surface area contributed by atoms with Gasteiger partial charge in [-0.2, -0.15) is 0 Å². The van der Waals surface area contributed by atoms with E-state index in [1.165, 1.54) is 22.7 Å². The Morgan fingerprint density at radius 1 is 1.22 bits per heavy atom. The molecule has 9 heteroatoms. The number of benzene rings is 1. The molecule has 0 saturated carbocycles. The Balaban J connectivity index is 1.77. The predicted molar refractivity (Wildman–Crippen MR) is 108 cm³/mol. The summed E-state index contributed by atoms with van der Waals surface area (Å²) in [5.74, 6) is 0.607. The highest BCUT2D eigenvalue weighted by atomic mass is 32.2. The summed E-state index contributed by atoms with van der Waals surface area (Å²) in [7, 11) is -1.39. The first-order valence-electron chi connectivity index (χ1n) is 9.26. The van der Waals surface area contributed by atoms with Crippen LogP contribution in [0.15, 0.2) is 29.3 Å². The number of rotatable bonds is 7. The standard InChI is InChI=1S/C18H30FN5O2S/c1-4-24(27(3,25)26)11-5-10-21-18(20-2)23-14-12-22(13-15-23)17-8-6-16(19)7-9-17/h6-9H,4-5,10-15H2,1-3H3,(H,20,21). The quantitative estimate of drug-likeness (QED) is 0.424. The van der Waals surface area contributed by atoms with Crippen LogP contribution in [0, 0.1) is 5.82 Å². The van der Waals surface area contributed by atoms with E-state index in [1.807, 2.05) is 6.92 Å². The highest BCUT2D eigenvalue weighted by Gasteiger charge is 2.20. The van der Waals surface area contributed by atoms with Crippen LogP contribution in [-0.2, 0) is 10.0 Å². The van der Waals surface area contributed by atoms with Crippen LogP contribution >= 0.6 is 0 Å². The summed E-state index contributed by atoms with van der Waals surface area (Å²) in [5, 5.41) is 3.32. The van der Waals surface area contributed by atoms with E-state index in [1.54, 1.807) is 19.2 Å². The minimum absolute atomic E-state index is 0.223. The zero-order valence-corrected chi connectivity index (χ0v) is 17.2. The van der Waals surface area contributed by atoms with Crippen LogP contribution in [0.3, 0.4) is 0 Å². The first kappa shape index (κ1) is 21.4. The van der Waals surface area contributed by atoms with Crippen LogP contribution in [0.2, 0.25) is 0 Å². The first-order valence-corrected chi connectivity index (χ1v) is 11.1. The van der Waals surface area contributed by atoms with Crippen LogP contribution in [0.5, 0.6) is 0 Å². The van der Waals surface area contributed by atoms with E-state index >= 15 is 0 Å². The smallest absolute Gasteiger partial charge is 0.211 e. The number of nitrogens with zero attached hydrogens (tertiary/aromatic N) is 4. The normalized spacial score (nSPS) is 16.1. The van der Waals surface area contributed by atoms with Gasteiger partial charge < -0.3 is 15.1 Å². The molecule has 0 unspecified atom stereocenters. The number of hydrogen-bond acceptors (Lipinski definition) is 4. The van der Waals surface area contributed by atoms with E-state index in [2.05, 4.69) is 20.1 Å². The molecule has 1 heterocycles. The van der Waals surface area contributed by atoms with Crippen molar-refractivity contribution in [2.45, 2.75) is 13.3 Å². The second kappa shape index (κ2) is 9.89. The molecule has 1 aliphatic heterocycles. The summed E-state index contributed by atoms with van der Waals surface area (Å²) in [4.78, 5) is 8.76. The Labute approximate surface area is 161 Å². The van der Waals surface area contributed by atoms with Gasteiger partial charge in [-0.1, -0.05) is 6.92 Å². The summed E-state index contributed by atoms with van der Waals surface area (Å²) < 4.78 is 37.8. The van der Waals surface area contributed by atoms with E-state index in [9.17, 15) is 12.8 Å². The average molecular weight is 400 g/mol. The molecule has 0 bridgehead atoms. The van der Waals surface area contributed by atoms with Crippen LogP contribution in [0.25, 0.3) is 0 Å². The van der Waals surface area contributed by atoms with Gasteiger partial charge in [0.15, 0.2) is 5.96 Å². The van der Waals surface area contributed by atoms with Crippen LogP contribution in [0.4, 0.5) is 10.1 Å².